The van der Waals surface area contributed by atoms with Crippen LogP contribution in [0.15, 0.2) is 54.7 Å². The fraction of sp³-hybridized carbons (Fsp3) is 0.378. The Hall–Kier alpha value is -4.55. The van der Waals surface area contributed by atoms with E-state index in [1.54, 1.807) is 0 Å². The number of ether oxygens (including phenoxy) is 1. The second kappa shape index (κ2) is 11.5. The van der Waals surface area contributed by atoms with Crippen LogP contribution in [-0.2, 0) is 0 Å². The van der Waals surface area contributed by atoms with E-state index in [1.165, 1.54) is 36.5 Å². The molecule has 0 radical (unpaired) electrons. The van der Waals surface area contributed by atoms with E-state index < -0.39 is 17.5 Å². The van der Waals surface area contributed by atoms with Crippen LogP contribution < -0.4 is 15.0 Å². The van der Waals surface area contributed by atoms with Gasteiger partial charge in [-0.25, -0.2) is 17.6 Å². The maximum atomic E-state index is 16.8. The van der Waals surface area contributed by atoms with Crippen molar-refractivity contribution in [3.63, 3.8) is 0 Å². The highest BCUT2D eigenvalue weighted by molar-refractivity contribution is 6.00. The molecule has 4 atom stereocenters. The molecule has 4 aliphatic rings. The average molecular weight is 671 g/mol. The summed E-state index contributed by atoms with van der Waals surface area (Å²) in [7, 11) is 0. The molecular formula is C37H34F4N6O2. The Kier molecular flexibility index (Phi) is 7.17. The monoisotopic (exact) mass is 670 g/mol. The number of hydrogen-bond donors (Lipinski definition) is 2. The van der Waals surface area contributed by atoms with Crippen LogP contribution in [0.1, 0.15) is 50.1 Å². The molecule has 8 nitrogen and oxygen atoms in total. The highest BCUT2D eigenvalue weighted by Crippen LogP contribution is 2.49. The highest BCUT2D eigenvalue weighted by atomic mass is 19.2. The van der Waals surface area contributed by atoms with Gasteiger partial charge in [0.1, 0.15) is 35.2 Å². The number of halogens is 4. The van der Waals surface area contributed by atoms with Gasteiger partial charge >= 0.3 is 6.01 Å². The van der Waals surface area contributed by atoms with Gasteiger partial charge in [-0.05, 0) is 86.4 Å². The van der Waals surface area contributed by atoms with Crippen LogP contribution in [0.5, 0.6) is 11.8 Å². The van der Waals surface area contributed by atoms with Crippen LogP contribution in [0.3, 0.4) is 0 Å². The van der Waals surface area contributed by atoms with Crippen molar-refractivity contribution in [2.45, 2.75) is 62.2 Å². The van der Waals surface area contributed by atoms with Crippen LogP contribution >= 0.6 is 0 Å². The standard InChI is InChI=1S/C37H34F4N6O2/c38-22-5-2-20(3-6-22)29-10-12-37(11-1-13-47(29)37)19-49-36-44-34-27(35(45-36)46-17-23-7-8-24(18-46)43-23)16-42-33(32(34)41)26-15-25(48)14-21-4-9-28(39)31(40)30(21)26/h2-6,9,14-16,23-24,29,43,48H,1,7-8,10-13,17-19H2/t23-,24+,29-,37+/m1/s1. The Morgan fingerprint density at radius 1 is 0.918 bits per heavy atom. The lowest BCUT2D eigenvalue weighted by Crippen LogP contribution is -2.51. The lowest BCUT2D eigenvalue weighted by atomic mass is 9.95. The van der Waals surface area contributed by atoms with E-state index in [0.29, 0.717) is 30.9 Å². The van der Waals surface area contributed by atoms with E-state index in [1.807, 2.05) is 12.1 Å². The Morgan fingerprint density at radius 2 is 1.71 bits per heavy atom. The number of nitrogens with zero attached hydrogens (tertiary/aromatic N) is 5. The molecule has 9 rings (SSSR count). The Morgan fingerprint density at radius 3 is 2.51 bits per heavy atom. The predicted molar refractivity (Wildman–Crippen MR) is 177 cm³/mol. The molecule has 4 saturated heterocycles. The zero-order valence-electron chi connectivity index (χ0n) is 26.6. The molecule has 0 amide bonds. The van der Waals surface area contributed by atoms with Crippen LogP contribution in [-0.4, -0.2) is 68.8 Å². The molecule has 2 aromatic heterocycles. The van der Waals surface area contributed by atoms with Gasteiger partial charge in [0.15, 0.2) is 17.5 Å². The van der Waals surface area contributed by atoms with E-state index in [9.17, 15) is 13.9 Å². The number of fused-ring (bicyclic) bond motifs is 5. The van der Waals surface area contributed by atoms with Crippen LogP contribution in [0, 0.1) is 23.3 Å². The number of phenols is 1. The van der Waals surface area contributed by atoms with E-state index in [2.05, 4.69) is 25.1 Å². The maximum Gasteiger partial charge on any atom is 0.319 e. The number of hydrogen-bond acceptors (Lipinski definition) is 8. The number of anilines is 1. The van der Waals surface area contributed by atoms with Gasteiger partial charge in [-0.2, -0.15) is 9.97 Å². The zero-order valence-corrected chi connectivity index (χ0v) is 26.6. The van der Waals surface area contributed by atoms with E-state index >= 15 is 8.78 Å². The summed E-state index contributed by atoms with van der Waals surface area (Å²) in [6, 6.07) is 12.2. The largest absolute Gasteiger partial charge is 0.508 e. The van der Waals surface area contributed by atoms with Crippen molar-refractivity contribution >= 4 is 27.5 Å². The van der Waals surface area contributed by atoms with Crippen LogP contribution in [0.4, 0.5) is 23.4 Å². The molecule has 5 aromatic rings. The minimum atomic E-state index is -1.16. The molecule has 0 saturated carbocycles. The van der Waals surface area contributed by atoms with Gasteiger partial charge < -0.3 is 20.1 Å². The summed E-state index contributed by atoms with van der Waals surface area (Å²) < 4.78 is 66.5. The summed E-state index contributed by atoms with van der Waals surface area (Å²) in [5, 5.41) is 14.5. The number of phenolic OH excluding ortho intramolecular Hbond substituents is 1. The number of pyridine rings is 1. The van der Waals surface area contributed by atoms with Crippen molar-refractivity contribution < 1.29 is 27.4 Å². The molecule has 4 aliphatic heterocycles. The van der Waals surface area contributed by atoms with Crippen molar-refractivity contribution in [3.8, 4) is 23.0 Å². The smallest absolute Gasteiger partial charge is 0.319 e. The number of aromatic hydroxyl groups is 1. The zero-order chi connectivity index (χ0) is 33.4. The molecule has 0 spiro atoms. The number of piperazine rings is 1. The summed E-state index contributed by atoms with van der Waals surface area (Å²) in [6.45, 7) is 2.52. The van der Waals surface area contributed by atoms with Crippen molar-refractivity contribution in [3.05, 3.63) is 83.6 Å². The van der Waals surface area contributed by atoms with Crippen LogP contribution in [0.2, 0.25) is 0 Å². The lowest BCUT2D eigenvalue weighted by Gasteiger charge is -2.35. The van der Waals surface area contributed by atoms with E-state index in [4.69, 9.17) is 9.72 Å². The van der Waals surface area contributed by atoms with Gasteiger partial charge in [0.25, 0.3) is 0 Å². The SMILES string of the molecule is Oc1cc(-c2ncc3c(N4C[C@H]5CC[C@@H](C4)N5)nc(OC[C@@]45CCCN4[C@@H](c4ccc(F)cc4)CC5)nc3c2F)c2c(F)c(F)ccc2c1. The quantitative estimate of drug-likeness (QED) is 0.191. The first kappa shape index (κ1) is 30.5. The first-order chi connectivity index (χ1) is 23.8. The molecule has 6 heterocycles. The average Bonchev–Trinajstić information content (AvgIpc) is 3.78. The first-order valence-electron chi connectivity index (χ1n) is 16.9. The first-order valence-corrected chi connectivity index (χ1v) is 16.9. The summed E-state index contributed by atoms with van der Waals surface area (Å²) >= 11 is 0. The molecular weight excluding hydrogens is 636 g/mol. The van der Waals surface area contributed by atoms with Gasteiger partial charge in [-0.1, -0.05) is 18.2 Å². The molecule has 252 valence electrons. The van der Waals surface area contributed by atoms with Gasteiger partial charge in [-0.15, -0.1) is 0 Å². The Labute approximate surface area is 279 Å². The second-order valence-electron chi connectivity index (χ2n) is 13.9. The molecule has 12 heteroatoms. The van der Waals surface area contributed by atoms with E-state index in [0.717, 1.165) is 56.7 Å². The predicted octanol–water partition coefficient (Wildman–Crippen LogP) is 6.80. The molecule has 0 aliphatic carbocycles. The van der Waals surface area contributed by atoms with Gasteiger partial charge in [0.2, 0.25) is 0 Å². The Bertz CT molecular complexity index is 2100. The fourth-order valence-electron chi connectivity index (χ4n) is 8.79. The molecule has 0 unspecified atom stereocenters. The number of aromatic nitrogens is 3. The molecule has 4 fully saturated rings. The van der Waals surface area contributed by atoms with Crippen LogP contribution in [0.25, 0.3) is 32.9 Å². The number of rotatable bonds is 6. The van der Waals surface area contributed by atoms with Crippen molar-refractivity contribution in [1.29, 1.82) is 0 Å². The Balaban J connectivity index is 1.13. The molecule has 49 heavy (non-hydrogen) atoms. The minimum absolute atomic E-state index is 0.0221. The van der Waals surface area contributed by atoms with Crippen molar-refractivity contribution in [1.82, 2.24) is 25.2 Å². The third-order valence-electron chi connectivity index (χ3n) is 11.0. The lowest BCUT2D eigenvalue weighted by molar-refractivity contribution is 0.0845. The third-order valence-corrected chi connectivity index (χ3v) is 11.0. The third kappa shape index (κ3) is 5.06. The summed E-state index contributed by atoms with van der Waals surface area (Å²) in [5.74, 6) is -3.10. The molecule has 2 N–H and O–H groups in total. The van der Waals surface area contributed by atoms with Crippen molar-refractivity contribution in [2.24, 2.45) is 0 Å². The van der Waals surface area contributed by atoms with Gasteiger partial charge in [0, 0.05) is 48.4 Å². The summed E-state index contributed by atoms with van der Waals surface area (Å²) in [5.41, 5.74) is 0.386. The topological polar surface area (TPSA) is 86.6 Å². The molecule has 3 aromatic carbocycles. The second-order valence-corrected chi connectivity index (χ2v) is 13.9. The van der Waals surface area contributed by atoms with Gasteiger partial charge in [-0.3, -0.25) is 9.88 Å². The molecule has 2 bridgehead atoms. The number of nitrogens with one attached hydrogen (secondary N) is 1. The van der Waals surface area contributed by atoms with Gasteiger partial charge in [0.05, 0.1) is 10.9 Å². The number of benzene rings is 3. The summed E-state index contributed by atoms with van der Waals surface area (Å²) in [4.78, 5) is 18.4. The summed E-state index contributed by atoms with van der Waals surface area (Å²) in [6.07, 6.45) is 7.22. The van der Waals surface area contributed by atoms with E-state index in [-0.39, 0.29) is 68.8 Å². The minimum Gasteiger partial charge on any atom is -0.508 e. The maximum absolute atomic E-state index is 16.8. The van der Waals surface area contributed by atoms with Crippen molar-refractivity contribution in [2.75, 3.05) is 31.1 Å². The fourth-order valence-corrected chi connectivity index (χ4v) is 8.79. The normalized spacial score (nSPS) is 25.1. The highest BCUT2D eigenvalue weighted by Gasteiger charge is 2.50.